The Morgan fingerprint density at radius 2 is 1.93 bits per heavy atom. The number of aromatic nitrogens is 2. The zero-order chi connectivity index (χ0) is 21.0. The van der Waals surface area contributed by atoms with Crippen LogP contribution in [0.2, 0.25) is 0 Å². The van der Waals surface area contributed by atoms with Gasteiger partial charge in [-0.15, -0.1) is 0 Å². The molecular weight excluding hydrogens is 377 g/mol. The molecule has 1 atom stereocenters. The van der Waals surface area contributed by atoms with Gasteiger partial charge in [0.05, 0.1) is 18.0 Å². The highest BCUT2D eigenvalue weighted by Crippen LogP contribution is 2.10. The quantitative estimate of drug-likeness (QED) is 0.640. The number of rotatable bonds is 6. The largest absolute Gasteiger partial charge is 0.467 e. The normalized spacial score (nSPS) is 11.8. The van der Waals surface area contributed by atoms with Crippen LogP contribution in [0.3, 0.4) is 0 Å². The van der Waals surface area contributed by atoms with Gasteiger partial charge in [0.2, 0.25) is 5.91 Å². The third-order valence-corrected chi connectivity index (χ3v) is 4.51. The second kappa shape index (κ2) is 8.64. The number of nitrogens with zero attached hydrogens (tertiary/aromatic N) is 2. The zero-order valence-corrected chi connectivity index (χ0v) is 16.0. The van der Waals surface area contributed by atoms with Crippen LogP contribution in [0, 0.1) is 12.7 Å². The number of hydrogen-bond acceptors (Lipinski definition) is 5. The Hall–Kier alpha value is -3.55. The van der Waals surface area contributed by atoms with E-state index >= 15 is 0 Å². The second-order valence-corrected chi connectivity index (χ2v) is 6.54. The first kappa shape index (κ1) is 20.2. The number of nitrogens with one attached hydrogen (secondary N) is 1. The van der Waals surface area contributed by atoms with Crippen molar-refractivity contribution in [3.8, 4) is 0 Å². The van der Waals surface area contributed by atoms with E-state index in [1.54, 1.807) is 6.92 Å². The molecule has 0 spiro atoms. The smallest absolute Gasteiger partial charge is 0.328 e. The van der Waals surface area contributed by atoms with E-state index in [1.165, 1.54) is 19.2 Å². The molecule has 0 aliphatic carbocycles. The van der Waals surface area contributed by atoms with E-state index < -0.39 is 29.3 Å². The van der Waals surface area contributed by atoms with Crippen molar-refractivity contribution < 1.29 is 18.7 Å². The highest BCUT2D eigenvalue weighted by molar-refractivity contribution is 5.85. The molecule has 1 aromatic heterocycles. The van der Waals surface area contributed by atoms with Crippen LogP contribution in [0.4, 0.5) is 4.39 Å². The minimum atomic E-state index is -0.906. The van der Waals surface area contributed by atoms with E-state index in [4.69, 9.17) is 4.74 Å². The number of benzene rings is 2. The first-order valence-electron chi connectivity index (χ1n) is 8.97. The Kier molecular flexibility index (Phi) is 6.01. The van der Waals surface area contributed by atoms with Crippen LogP contribution in [0.5, 0.6) is 0 Å². The zero-order valence-electron chi connectivity index (χ0n) is 16.0. The van der Waals surface area contributed by atoms with E-state index in [1.807, 2.05) is 30.3 Å². The molecule has 0 radical (unpaired) electrons. The third kappa shape index (κ3) is 4.66. The van der Waals surface area contributed by atoms with Gasteiger partial charge in [0.15, 0.2) is 0 Å². The lowest BCUT2D eigenvalue weighted by Crippen LogP contribution is -2.45. The molecule has 0 aliphatic rings. The number of aryl methyl sites for hydroxylation is 1. The highest BCUT2D eigenvalue weighted by Gasteiger charge is 2.23. The van der Waals surface area contributed by atoms with Crippen LogP contribution in [-0.4, -0.2) is 34.6 Å². The summed E-state index contributed by atoms with van der Waals surface area (Å²) in [5.41, 5.74) is 0.668. The summed E-state index contributed by atoms with van der Waals surface area (Å²) in [4.78, 5) is 41.6. The number of halogens is 1. The molecule has 2 aromatic carbocycles. The van der Waals surface area contributed by atoms with Crippen molar-refractivity contribution in [3.05, 3.63) is 76.1 Å². The second-order valence-electron chi connectivity index (χ2n) is 6.54. The van der Waals surface area contributed by atoms with E-state index in [0.29, 0.717) is 11.3 Å². The van der Waals surface area contributed by atoms with Crippen molar-refractivity contribution in [3.63, 3.8) is 0 Å². The number of esters is 1. The molecule has 3 rings (SSSR count). The van der Waals surface area contributed by atoms with Crippen LogP contribution >= 0.6 is 0 Å². The fraction of sp³-hybridized carbons (Fsp3) is 0.238. The number of fused-ring (bicyclic) bond motifs is 1. The summed E-state index contributed by atoms with van der Waals surface area (Å²) >= 11 is 0. The van der Waals surface area contributed by atoms with Gasteiger partial charge in [-0.05, 0) is 30.7 Å². The van der Waals surface area contributed by atoms with Gasteiger partial charge in [0, 0.05) is 6.42 Å². The standard InChI is InChI=1S/C21H20FN3O4/c1-13-23-17-9-8-15(22)11-16(17)20(27)25(13)12-19(26)24-18(21(28)29-2)10-14-6-4-3-5-7-14/h3-9,11,18H,10,12H2,1-2H3,(H,24,26)/t18-/m0/s1. The minimum Gasteiger partial charge on any atom is -0.467 e. The average Bonchev–Trinajstić information content (AvgIpc) is 2.71. The fourth-order valence-electron chi connectivity index (χ4n) is 3.06. The van der Waals surface area contributed by atoms with Gasteiger partial charge in [0.1, 0.15) is 24.2 Å². The van der Waals surface area contributed by atoms with Crippen molar-refractivity contribution in [2.75, 3.05) is 7.11 Å². The fourth-order valence-corrected chi connectivity index (χ4v) is 3.06. The van der Waals surface area contributed by atoms with E-state index in [9.17, 15) is 18.8 Å². The number of methoxy groups -OCH3 is 1. The van der Waals surface area contributed by atoms with Gasteiger partial charge in [-0.2, -0.15) is 0 Å². The Bertz CT molecular complexity index is 1110. The first-order valence-corrected chi connectivity index (χ1v) is 8.97. The Labute approximate surface area is 166 Å². The summed E-state index contributed by atoms with van der Waals surface area (Å²) in [6.07, 6.45) is 0.244. The van der Waals surface area contributed by atoms with E-state index in [2.05, 4.69) is 10.3 Å². The van der Waals surface area contributed by atoms with Crippen LogP contribution < -0.4 is 10.9 Å². The Morgan fingerprint density at radius 1 is 1.21 bits per heavy atom. The molecule has 8 heteroatoms. The van der Waals surface area contributed by atoms with Crippen molar-refractivity contribution in [2.24, 2.45) is 0 Å². The molecule has 7 nitrogen and oxygen atoms in total. The summed E-state index contributed by atoms with van der Waals surface area (Å²) in [5.74, 6) is -1.41. The lowest BCUT2D eigenvalue weighted by atomic mass is 10.1. The Balaban J connectivity index is 1.83. The molecular formula is C21H20FN3O4. The summed E-state index contributed by atoms with van der Waals surface area (Å²) in [5, 5.41) is 2.68. The predicted octanol–water partition coefficient (Wildman–Crippen LogP) is 1.74. The van der Waals surface area contributed by atoms with Crippen molar-refractivity contribution in [2.45, 2.75) is 25.9 Å². The number of hydrogen-bond donors (Lipinski definition) is 1. The molecule has 1 amide bonds. The molecule has 0 unspecified atom stereocenters. The molecule has 150 valence electrons. The SMILES string of the molecule is COC(=O)[C@H](Cc1ccccc1)NC(=O)Cn1c(C)nc2ccc(F)cc2c1=O. The van der Waals surface area contributed by atoms with Crippen LogP contribution in [0.1, 0.15) is 11.4 Å². The third-order valence-electron chi connectivity index (χ3n) is 4.51. The molecule has 0 bridgehead atoms. The number of amides is 1. The maximum Gasteiger partial charge on any atom is 0.328 e. The minimum absolute atomic E-state index is 0.0807. The lowest BCUT2D eigenvalue weighted by molar-refractivity contribution is -0.145. The predicted molar refractivity (Wildman–Crippen MR) is 105 cm³/mol. The Morgan fingerprint density at radius 3 is 2.62 bits per heavy atom. The molecule has 0 aliphatic heterocycles. The molecule has 0 saturated heterocycles. The summed E-state index contributed by atoms with van der Waals surface area (Å²) in [7, 11) is 1.24. The lowest BCUT2D eigenvalue weighted by Gasteiger charge is -2.18. The summed E-state index contributed by atoms with van der Waals surface area (Å²) < 4.78 is 19.4. The van der Waals surface area contributed by atoms with Crippen molar-refractivity contribution in [1.29, 1.82) is 0 Å². The van der Waals surface area contributed by atoms with Gasteiger partial charge in [-0.3, -0.25) is 14.2 Å². The monoisotopic (exact) mass is 397 g/mol. The molecule has 0 saturated carbocycles. The summed E-state index contributed by atoms with van der Waals surface area (Å²) in [6.45, 7) is 1.23. The molecule has 1 heterocycles. The van der Waals surface area contributed by atoms with Gasteiger partial charge in [0.25, 0.3) is 5.56 Å². The molecule has 0 fully saturated rings. The maximum atomic E-state index is 13.5. The first-order chi connectivity index (χ1) is 13.9. The van der Waals surface area contributed by atoms with Crippen LogP contribution in [0.25, 0.3) is 10.9 Å². The molecule has 1 N–H and O–H groups in total. The van der Waals surface area contributed by atoms with Gasteiger partial charge in [-0.25, -0.2) is 14.2 Å². The number of ether oxygens (including phenoxy) is 1. The topological polar surface area (TPSA) is 90.3 Å². The van der Waals surface area contributed by atoms with Crippen LogP contribution in [-0.2, 0) is 27.3 Å². The van der Waals surface area contributed by atoms with Crippen LogP contribution in [0.15, 0.2) is 53.3 Å². The molecule has 29 heavy (non-hydrogen) atoms. The molecule has 3 aromatic rings. The van der Waals surface area contributed by atoms with Crippen molar-refractivity contribution in [1.82, 2.24) is 14.9 Å². The maximum absolute atomic E-state index is 13.5. The number of carbonyl (C=O) groups is 2. The van der Waals surface area contributed by atoms with Gasteiger partial charge in [-0.1, -0.05) is 30.3 Å². The van der Waals surface area contributed by atoms with E-state index in [0.717, 1.165) is 16.2 Å². The number of carbonyl (C=O) groups excluding carboxylic acids is 2. The van der Waals surface area contributed by atoms with Crippen molar-refractivity contribution >= 4 is 22.8 Å². The highest BCUT2D eigenvalue weighted by atomic mass is 19.1. The van der Waals surface area contributed by atoms with Gasteiger partial charge < -0.3 is 10.1 Å². The summed E-state index contributed by atoms with van der Waals surface area (Å²) in [6, 6.07) is 12.0. The van der Waals surface area contributed by atoms with Gasteiger partial charge >= 0.3 is 5.97 Å². The average molecular weight is 397 g/mol. The van der Waals surface area contributed by atoms with E-state index in [-0.39, 0.29) is 18.4 Å².